The highest BCUT2D eigenvalue weighted by Gasteiger charge is 2.31. The first-order valence-corrected chi connectivity index (χ1v) is 9.13. The Morgan fingerprint density at radius 1 is 0.760 bits per heavy atom. The van der Waals surface area contributed by atoms with E-state index in [0.717, 1.165) is 5.56 Å². The van der Waals surface area contributed by atoms with E-state index in [9.17, 15) is 14.8 Å². The number of benzene rings is 3. The Bertz CT molecular complexity index is 870. The molecular formula is C19H17O5P. The van der Waals surface area contributed by atoms with E-state index < -0.39 is 7.60 Å². The lowest BCUT2D eigenvalue weighted by molar-refractivity contribution is 0.395. The second-order valence-corrected chi connectivity index (χ2v) is 7.39. The molecule has 3 aromatic rings. The molecule has 5 nitrogen and oxygen atoms in total. The minimum absolute atomic E-state index is 0.00897. The lowest BCUT2D eigenvalue weighted by Gasteiger charge is -2.20. The van der Waals surface area contributed by atoms with Crippen LogP contribution >= 0.6 is 7.60 Å². The van der Waals surface area contributed by atoms with Gasteiger partial charge in [-0.1, -0.05) is 29.8 Å². The molecule has 3 aromatic carbocycles. The van der Waals surface area contributed by atoms with Gasteiger partial charge >= 0.3 is 7.60 Å². The van der Waals surface area contributed by atoms with Crippen LogP contribution in [0.15, 0.2) is 72.8 Å². The maximum atomic E-state index is 13.5. The van der Waals surface area contributed by atoms with Crippen molar-refractivity contribution in [2.24, 2.45) is 0 Å². The lowest BCUT2D eigenvalue weighted by atomic mass is 10.2. The van der Waals surface area contributed by atoms with Crippen LogP contribution in [0.25, 0.3) is 0 Å². The van der Waals surface area contributed by atoms with Crippen LogP contribution in [-0.4, -0.2) is 10.2 Å². The first-order chi connectivity index (χ1) is 11.9. The molecule has 2 N–H and O–H groups in total. The topological polar surface area (TPSA) is 76.0 Å². The minimum atomic E-state index is -3.80. The average Bonchev–Trinajstić information content (AvgIpc) is 2.55. The zero-order chi connectivity index (χ0) is 17.9. The summed E-state index contributed by atoms with van der Waals surface area (Å²) in [6, 6.07) is 18.9. The Kier molecular flexibility index (Phi) is 4.68. The zero-order valence-electron chi connectivity index (χ0n) is 13.5. The van der Waals surface area contributed by atoms with Crippen LogP contribution in [0, 0.1) is 6.92 Å². The first kappa shape index (κ1) is 16.9. The number of hydrogen-bond donors (Lipinski definition) is 2. The molecule has 3 rings (SSSR count). The van der Waals surface area contributed by atoms with Gasteiger partial charge < -0.3 is 19.3 Å². The number of aryl methyl sites for hydroxylation is 1. The lowest BCUT2D eigenvalue weighted by Crippen LogP contribution is -2.14. The van der Waals surface area contributed by atoms with Crippen molar-refractivity contribution >= 4 is 12.9 Å². The molecule has 0 unspecified atom stereocenters. The highest BCUT2D eigenvalue weighted by Crippen LogP contribution is 2.48. The second-order valence-electron chi connectivity index (χ2n) is 5.51. The van der Waals surface area contributed by atoms with Crippen molar-refractivity contribution in [3.63, 3.8) is 0 Å². The third-order valence-corrected chi connectivity index (χ3v) is 5.27. The monoisotopic (exact) mass is 356 g/mol. The van der Waals surface area contributed by atoms with Crippen LogP contribution in [-0.2, 0) is 4.57 Å². The summed E-state index contributed by atoms with van der Waals surface area (Å²) < 4.78 is 24.8. The molecule has 0 saturated heterocycles. The van der Waals surface area contributed by atoms with Crippen molar-refractivity contribution in [3.05, 3.63) is 78.4 Å². The number of phenolic OH excluding ortho intramolecular Hbond substituents is 2. The normalized spacial score (nSPS) is 11.1. The molecule has 0 radical (unpaired) electrons. The molecule has 0 fully saturated rings. The van der Waals surface area contributed by atoms with Crippen molar-refractivity contribution in [2.45, 2.75) is 6.92 Å². The van der Waals surface area contributed by atoms with Gasteiger partial charge in [-0.25, -0.2) is 4.57 Å². The average molecular weight is 356 g/mol. The summed E-state index contributed by atoms with van der Waals surface area (Å²) in [5.41, 5.74) is 1.00. The van der Waals surface area contributed by atoms with Gasteiger partial charge in [0.1, 0.15) is 23.0 Å². The van der Waals surface area contributed by atoms with Gasteiger partial charge in [-0.05, 0) is 43.3 Å². The third-order valence-electron chi connectivity index (χ3n) is 3.44. The molecule has 0 atom stereocenters. The molecule has 25 heavy (non-hydrogen) atoms. The summed E-state index contributed by atoms with van der Waals surface area (Å²) >= 11 is 0. The van der Waals surface area contributed by atoms with E-state index in [4.69, 9.17) is 9.05 Å². The van der Waals surface area contributed by atoms with E-state index in [2.05, 4.69) is 0 Å². The Morgan fingerprint density at radius 3 is 1.68 bits per heavy atom. The molecule has 0 amide bonds. The van der Waals surface area contributed by atoms with Crippen LogP contribution in [0.1, 0.15) is 5.56 Å². The van der Waals surface area contributed by atoms with E-state index >= 15 is 0 Å². The van der Waals surface area contributed by atoms with E-state index in [1.807, 2.05) is 6.92 Å². The first-order valence-electron chi connectivity index (χ1n) is 7.59. The number of aromatic hydroxyl groups is 2. The molecule has 0 spiro atoms. The van der Waals surface area contributed by atoms with Gasteiger partial charge in [0.05, 0.1) is 5.30 Å². The Hall–Kier alpha value is -2.91. The fourth-order valence-electron chi connectivity index (χ4n) is 2.21. The summed E-state index contributed by atoms with van der Waals surface area (Å²) in [7, 11) is -3.80. The largest absolute Gasteiger partial charge is 0.508 e. The molecule has 128 valence electrons. The molecule has 0 aliphatic carbocycles. The van der Waals surface area contributed by atoms with Gasteiger partial charge in [0.15, 0.2) is 0 Å². The molecule has 0 aliphatic rings. The van der Waals surface area contributed by atoms with Crippen molar-refractivity contribution in [2.75, 3.05) is 0 Å². The van der Waals surface area contributed by atoms with Gasteiger partial charge in [0.2, 0.25) is 0 Å². The molecular weight excluding hydrogens is 339 g/mol. The molecule has 0 aliphatic heterocycles. The fraction of sp³-hybridized carbons (Fsp3) is 0.0526. The zero-order valence-corrected chi connectivity index (χ0v) is 14.4. The van der Waals surface area contributed by atoms with Crippen LogP contribution in [0.2, 0.25) is 0 Å². The van der Waals surface area contributed by atoms with Gasteiger partial charge in [0.25, 0.3) is 0 Å². The molecule has 0 heterocycles. The van der Waals surface area contributed by atoms with Crippen LogP contribution in [0.5, 0.6) is 23.0 Å². The van der Waals surface area contributed by atoms with Crippen molar-refractivity contribution < 1.29 is 23.8 Å². The smallest absolute Gasteiger partial charge is 0.462 e. The Balaban J connectivity index is 2.01. The standard InChI is InChI=1S/C19H17O5P/c1-14-8-10-19(11-9-14)25(22,23-17-6-2-4-15(20)12-17)24-18-7-3-5-16(21)13-18/h2-13,20-21H,1H3. The van der Waals surface area contributed by atoms with Crippen LogP contribution in [0.4, 0.5) is 0 Å². The number of hydrogen-bond acceptors (Lipinski definition) is 5. The molecule has 0 aromatic heterocycles. The van der Waals surface area contributed by atoms with E-state index in [1.165, 1.54) is 24.3 Å². The quantitative estimate of drug-likeness (QED) is 0.664. The predicted molar refractivity (Wildman–Crippen MR) is 95.9 cm³/mol. The maximum Gasteiger partial charge on any atom is 0.462 e. The van der Waals surface area contributed by atoms with Crippen molar-refractivity contribution in [1.82, 2.24) is 0 Å². The molecule has 0 bridgehead atoms. The summed E-state index contributed by atoms with van der Waals surface area (Å²) in [6.07, 6.45) is 0. The molecule has 0 saturated carbocycles. The van der Waals surface area contributed by atoms with Crippen molar-refractivity contribution in [3.8, 4) is 23.0 Å². The predicted octanol–water partition coefficient (Wildman–Crippen LogP) is 4.38. The third kappa shape index (κ3) is 4.14. The van der Waals surface area contributed by atoms with Gasteiger partial charge in [0, 0.05) is 12.1 Å². The van der Waals surface area contributed by atoms with Crippen LogP contribution in [0.3, 0.4) is 0 Å². The van der Waals surface area contributed by atoms with E-state index in [1.54, 1.807) is 48.5 Å². The van der Waals surface area contributed by atoms with E-state index in [0.29, 0.717) is 5.30 Å². The summed E-state index contributed by atoms with van der Waals surface area (Å²) in [5, 5.41) is 19.6. The highest BCUT2D eigenvalue weighted by molar-refractivity contribution is 7.63. The maximum absolute atomic E-state index is 13.5. The Morgan fingerprint density at radius 2 is 1.24 bits per heavy atom. The number of rotatable bonds is 5. The van der Waals surface area contributed by atoms with Gasteiger partial charge in [-0.2, -0.15) is 0 Å². The van der Waals surface area contributed by atoms with Crippen molar-refractivity contribution in [1.29, 1.82) is 0 Å². The SMILES string of the molecule is Cc1ccc(P(=O)(Oc2cccc(O)c2)Oc2cccc(O)c2)cc1. The minimum Gasteiger partial charge on any atom is -0.508 e. The van der Waals surface area contributed by atoms with Gasteiger partial charge in [-0.3, -0.25) is 0 Å². The van der Waals surface area contributed by atoms with E-state index in [-0.39, 0.29) is 23.0 Å². The fourth-order valence-corrected chi connectivity index (χ4v) is 3.75. The number of phenols is 2. The molecule has 6 heteroatoms. The van der Waals surface area contributed by atoms with Gasteiger partial charge in [-0.15, -0.1) is 0 Å². The Labute approximate surface area is 145 Å². The summed E-state index contributed by atoms with van der Waals surface area (Å²) in [4.78, 5) is 0. The summed E-state index contributed by atoms with van der Waals surface area (Å²) in [6.45, 7) is 1.92. The highest BCUT2D eigenvalue weighted by atomic mass is 31.2. The second kappa shape index (κ2) is 6.91. The summed E-state index contributed by atoms with van der Waals surface area (Å²) in [5.74, 6) is 0.406. The van der Waals surface area contributed by atoms with Crippen LogP contribution < -0.4 is 14.4 Å².